The van der Waals surface area contributed by atoms with Crippen LogP contribution in [0.3, 0.4) is 0 Å². The highest BCUT2D eigenvalue weighted by atomic mass is 16.7. The van der Waals surface area contributed by atoms with Gasteiger partial charge in [0.1, 0.15) is 0 Å². The predicted octanol–water partition coefficient (Wildman–Crippen LogP) is 3.89. The molecule has 1 atom stereocenters. The number of hydrogen-bond donors (Lipinski definition) is 0. The maximum absolute atomic E-state index is 6.29. The van der Waals surface area contributed by atoms with Gasteiger partial charge in [-0.15, -0.1) is 0 Å². The van der Waals surface area contributed by atoms with Crippen molar-refractivity contribution < 1.29 is 9.47 Å². The fourth-order valence-corrected chi connectivity index (χ4v) is 3.19. The van der Waals surface area contributed by atoms with Crippen molar-refractivity contribution >= 4 is 0 Å². The van der Waals surface area contributed by atoms with E-state index in [0.717, 1.165) is 31.8 Å². The molecule has 2 fully saturated rings. The summed E-state index contributed by atoms with van der Waals surface area (Å²) in [4.78, 5) is 0. The normalized spacial score (nSPS) is 31.5. The van der Waals surface area contributed by atoms with Crippen LogP contribution >= 0.6 is 0 Å². The maximum atomic E-state index is 6.29. The molecule has 1 saturated carbocycles. The monoisotopic (exact) mass is 226 g/mol. The van der Waals surface area contributed by atoms with Crippen LogP contribution in [-0.2, 0) is 9.47 Å². The van der Waals surface area contributed by atoms with Crippen LogP contribution in [0.15, 0.2) is 0 Å². The Kier molecular flexibility index (Phi) is 4.26. The van der Waals surface area contributed by atoms with Gasteiger partial charge < -0.3 is 9.47 Å². The molecule has 0 aromatic carbocycles. The molecule has 0 N–H and O–H groups in total. The summed E-state index contributed by atoms with van der Waals surface area (Å²) in [6.45, 7) is 5.24. The van der Waals surface area contributed by atoms with Crippen molar-refractivity contribution in [2.75, 3.05) is 6.61 Å². The minimum atomic E-state index is -0.264. The topological polar surface area (TPSA) is 18.5 Å². The highest BCUT2D eigenvalue weighted by Gasteiger charge is 2.38. The third-order valence-corrected chi connectivity index (χ3v) is 4.39. The van der Waals surface area contributed by atoms with Crippen molar-refractivity contribution in [3.8, 4) is 0 Å². The summed E-state index contributed by atoms with van der Waals surface area (Å²) >= 11 is 0. The van der Waals surface area contributed by atoms with E-state index in [-0.39, 0.29) is 5.79 Å². The summed E-state index contributed by atoms with van der Waals surface area (Å²) in [6.07, 6.45) is 10.5. The summed E-state index contributed by atoms with van der Waals surface area (Å²) < 4.78 is 12.2. The molecule has 0 bridgehead atoms. The van der Waals surface area contributed by atoms with Crippen molar-refractivity contribution in [1.82, 2.24) is 0 Å². The molecule has 0 amide bonds. The van der Waals surface area contributed by atoms with E-state index in [2.05, 4.69) is 13.8 Å². The van der Waals surface area contributed by atoms with Gasteiger partial charge in [0.2, 0.25) is 0 Å². The van der Waals surface area contributed by atoms with Gasteiger partial charge in [-0.05, 0) is 38.0 Å². The van der Waals surface area contributed by atoms with Crippen LogP contribution in [0, 0.1) is 5.92 Å². The Morgan fingerprint density at radius 2 is 1.69 bits per heavy atom. The summed E-state index contributed by atoms with van der Waals surface area (Å²) in [5.41, 5.74) is 0. The molecule has 1 heterocycles. The van der Waals surface area contributed by atoms with Gasteiger partial charge >= 0.3 is 0 Å². The first kappa shape index (κ1) is 12.4. The Hall–Kier alpha value is -0.0800. The van der Waals surface area contributed by atoms with E-state index in [1.807, 2.05) is 0 Å². The van der Waals surface area contributed by atoms with Crippen LogP contribution in [0.4, 0.5) is 0 Å². The van der Waals surface area contributed by atoms with Crippen LogP contribution in [0.25, 0.3) is 0 Å². The van der Waals surface area contributed by atoms with Crippen molar-refractivity contribution in [2.24, 2.45) is 5.92 Å². The molecule has 94 valence electrons. The van der Waals surface area contributed by atoms with Gasteiger partial charge in [0.05, 0.1) is 12.7 Å². The van der Waals surface area contributed by atoms with Crippen LogP contribution in [0.1, 0.15) is 65.2 Å². The molecule has 16 heavy (non-hydrogen) atoms. The second-order valence-corrected chi connectivity index (χ2v) is 5.31. The van der Waals surface area contributed by atoms with E-state index >= 15 is 0 Å². The molecule has 1 aliphatic heterocycles. The van der Waals surface area contributed by atoms with Gasteiger partial charge in [0.25, 0.3) is 0 Å². The first-order valence-corrected chi connectivity index (χ1v) is 7.11. The van der Waals surface area contributed by atoms with Crippen LogP contribution in [-0.4, -0.2) is 18.5 Å². The Morgan fingerprint density at radius 3 is 2.31 bits per heavy atom. The molecule has 0 aromatic rings. The van der Waals surface area contributed by atoms with Crippen molar-refractivity contribution in [3.63, 3.8) is 0 Å². The first-order chi connectivity index (χ1) is 7.79. The molecule has 0 aromatic heterocycles. The Labute approximate surface area is 99.7 Å². The Balaban J connectivity index is 1.94. The molecule has 2 heteroatoms. The van der Waals surface area contributed by atoms with Crippen molar-refractivity contribution in [1.29, 1.82) is 0 Å². The summed E-state index contributed by atoms with van der Waals surface area (Å²) in [7, 11) is 0. The van der Waals surface area contributed by atoms with Crippen LogP contribution < -0.4 is 0 Å². The van der Waals surface area contributed by atoms with Gasteiger partial charge in [-0.25, -0.2) is 0 Å². The van der Waals surface area contributed by atoms with Gasteiger partial charge in [-0.2, -0.15) is 0 Å². The van der Waals surface area contributed by atoms with Crippen molar-refractivity contribution in [3.05, 3.63) is 0 Å². The highest BCUT2D eigenvalue weighted by Crippen LogP contribution is 2.37. The number of rotatable bonds is 3. The average molecular weight is 226 g/mol. The minimum absolute atomic E-state index is 0.264. The van der Waals surface area contributed by atoms with Gasteiger partial charge in [-0.3, -0.25) is 0 Å². The molecule has 2 rings (SSSR count). The smallest absolute Gasteiger partial charge is 0.168 e. The lowest BCUT2D eigenvalue weighted by atomic mass is 9.83. The molecular weight excluding hydrogens is 200 g/mol. The maximum Gasteiger partial charge on any atom is 0.168 e. The zero-order valence-electron chi connectivity index (χ0n) is 10.8. The van der Waals surface area contributed by atoms with E-state index in [0.29, 0.717) is 6.10 Å². The van der Waals surface area contributed by atoms with E-state index in [9.17, 15) is 0 Å². The van der Waals surface area contributed by atoms with E-state index in [1.54, 1.807) is 0 Å². The lowest BCUT2D eigenvalue weighted by Crippen LogP contribution is -2.46. The van der Waals surface area contributed by atoms with Crippen LogP contribution in [0.2, 0.25) is 0 Å². The molecule has 1 aliphatic carbocycles. The Bertz CT molecular complexity index is 205. The average Bonchev–Trinajstić information content (AvgIpc) is 2.40. The molecule has 2 nitrogen and oxygen atoms in total. The van der Waals surface area contributed by atoms with E-state index < -0.39 is 0 Å². The van der Waals surface area contributed by atoms with Gasteiger partial charge in [0.15, 0.2) is 5.79 Å². The third-order valence-electron chi connectivity index (χ3n) is 4.39. The summed E-state index contributed by atoms with van der Waals surface area (Å²) in [5.74, 6) is 0.538. The van der Waals surface area contributed by atoms with Crippen LogP contribution in [0.5, 0.6) is 0 Å². The molecule has 0 spiro atoms. The largest absolute Gasteiger partial charge is 0.350 e. The second-order valence-electron chi connectivity index (χ2n) is 5.31. The quantitative estimate of drug-likeness (QED) is 0.727. The number of ether oxygens (including phenoxy) is 2. The minimum Gasteiger partial charge on any atom is -0.350 e. The number of hydrogen-bond acceptors (Lipinski definition) is 2. The highest BCUT2D eigenvalue weighted by molar-refractivity contribution is 4.81. The standard InChI is InChI=1S/C14H26O2/c1-3-14(4-2)15-11-10-13(16-14)12-8-6-5-7-9-12/h12-13H,3-11H2,1-2H3. The predicted molar refractivity (Wildman–Crippen MR) is 65.3 cm³/mol. The molecule has 1 unspecified atom stereocenters. The summed E-state index contributed by atoms with van der Waals surface area (Å²) in [6, 6.07) is 0. The molecule has 1 saturated heterocycles. The van der Waals surface area contributed by atoms with E-state index in [1.165, 1.54) is 32.1 Å². The molecular formula is C14H26O2. The molecule has 0 radical (unpaired) electrons. The second kappa shape index (κ2) is 5.50. The zero-order chi connectivity index (χ0) is 11.4. The molecule has 2 aliphatic rings. The third kappa shape index (κ3) is 2.60. The Morgan fingerprint density at radius 1 is 1.00 bits per heavy atom. The fourth-order valence-electron chi connectivity index (χ4n) is 3.19. The van der Waals surface area contributed by atoms with E-state index in [4.69, 9.17) is 9.47 Å². The summed E-state index contributed by atoms with van der Waals surface area (Å²) in [5, 5.41) is 0. The fraction of sp³-hybridized carbons (Fsp3) is 1.00. The van der Waals surface area contributed by atoms with Crippen molar-refractivity contribution in [2.45, 2.75) is 77.1 Å². The zero-order valence-corrected chi connectivity index (χ0v) is 10.8. The first-order valence-electron chi connectivity index (χ1n) is 7.11. The van der Waals surface area contributed by atoms with Gasteiger partial charge in [-0.1, -0.05) is 33.1 Å². The lowest BCUT2D eigenvalue weighted by Gasteiger charge is -2.43. The SMILES string of the molecule is CCC1(CC)OCCC(C2CCCCC2)O1. The lowest BCUT2D eigenvalue weighted by molar-refractivity contribution is -0.305. The van der Waals surface area contributed by atoms with Gasteiger partial charge in [0, 0.05) is 0 Å².